The molecular formula is C17H15F2N3O2S. The summed E-state index contributed by atoms with van der Waals surface area (Å²) < 4.78 is 48.8. The van der Waals surface area contributed by atoms with E-state index in [2.05, 4.69) is 14.5 Å². The van der Waals surface area contributed by atoms with Gasteiger partial charge in [0.25, 0.3) is 0 Å². The van der Waals surface area contributed by atoms with Crippen molar-refractivity contribution in [1.82, 2.24) is 10.1 Å². The van der Waals surface area contributed by atoms with Crippen molar-refractivity contribution in [2.45, 2.75) is 12.7 Å². The number of halogens is 2. The predicted octanol–water partition coefficient (Wildman–Crippen LogP) is 4.25. The van der Waals surface area contributed by atoms with Gasteiger partial charge in [-0.25, -0.2) is 13.0 Å². The van der Waals surface area contributed by atoms with Crippen molar-refractivity contribution < 1.29 is 17.5 Å². The normalized spacial score (nSPS) is 13.4. The lowest BCUT2D eigenvalue weighted by Gasteiger charge is -2.06. The second-order valence-electron chi connectivity index (χ2n) is 5.59. The van der Waals surface area contributed by atoms with Gasteiger partial charge in [-0.2, -0.15) is 9.35 Å². The van der Waals surface area contributed by atoms with Crippen LogP contribution >= 0.6 is 0 Å². The Morgan fingerprint density at radius 1 is 1.16 bits per heavy atom. The molecule has 0 aliphatic heterocycles. The molecule has 3 aromatic rings. The van der Waals surface area contributed by atoms with Crippen molar-refractivity contribution in [3.63, 3.8) is 0 Å². The second-order valence-corrected chi connectivity index (χ2v) is 7.98. The van der Waals surface area contributed by atoms with Gasteiger partial charge in [0.2, 0.25) is 11.7 Å². The van der Waals surface area contributed by atoms with Crippen LogP contribution in [0.25, 0.3) is 11.4 Å². The predicted molar refractivity (Wildman–Crippen MR) is 90.7 cm³/mol. The van der Waals surface area contributed by atoms with Gasteiger partial charge in [0.15, 0.2) is 11.6 Å². The maximum Gasteiger partial charge on any atom is 0.223 e. The number of nitrogens with zero attached hydrogens (tertiary/aromatic N) is 3. The third kappa shape index (κ3) is 4.08. The molecule has 0 aliphatic carbocycles. The van der Waals surface area contributed by atoms with Crippen molar-refractivity contribution >= 4 is 15.4 Å². The molecule has 0 fully saturated rings. The van der Waals surface area contributed by atoms with Gasteiger partial charge in [-0.1, -0.05) is 17.3 Å². The topological polar surface area (TPSA) is 68.3 Å². The maximum absolute atomic E-state index is 13.7. The minimum atomic E-state index is -2.78. The zero-order valence-corrected chi connectivity index (χ0v) is 14.4. The molecule has 5 nitrogen and oxygen atoms in total. The van der Waals surface area contributed by atoms with Crippen molar-refractivity contribution in [1.29, 1.82) is 0 Å². The Balaban J connectivity index is 1.86. The molecule has 0 spiro atoms. The molecule has 8 heteroatoms. The summed E-state index contributed by atoms with van der Waals surface area (Å²) in [6.07, 6.45) is 1.41. The monoisotopic (exact) mass is 363 g/mol. The summed E-state index contributed by atoms with van der Waals surface area (Å²) in [6.45, 7) is 1.69. The molecule has 1 unspecified atom stereocenters. The van der Waals surface area contributed by atoms with Gasteiger partial charge in [0.05, 0.1) is 21.2 Å². The van der Waals surface area contributed by atoms with Gasteiger partial charge in [-0.05, 0) is 30.3 Å². The second kappa shape index (κ2) is 6.72. The Bertz CT molecular complexity index is 1020. The lowest BCUT2D eigenvalue weighted by molar-refractivity contribution is 0.394. The van der Waals surface area contributed by atoms with Gasteiger partial charge >= 0.3 is 0 Å². The van der Waals surface area contributed by atoms with Gasteiger partial charge in [0.1, 0.15) is 0 Å². The van der Waals surface area contributed by atoms with Crippen LogP contribution in [0.5, 0.6) is 0 Å². The van der Waals surface area contributed by atoms with E-state index in [1.165, 1.54) is 18.4 Å². The van der Waals surface area contributed by atoms with Crippen molar-refractivity contribution in [3.05, 3.63) is 65.6 Å². The lowest BCUT2D eigenvalue weighted by Crippen LogP contribution is -2.04. The van der Waals surface area contributed by atoms with Gasteiger partial charge in [-0.3, -0.25) is 0 Å². The molecule has 0 bridgehead atoms. The molecule has 0 saturated carbocycles. The SMILES string of the molecule is Cc1nc(-c2ccc(N=S(C)(=O)Cc3cccc(F)c3F)cc2)no1. The Morgan fingerprint density at radius 3 is 2.52 bits per heavy atom. The molecule has 25 heavy (non-hydrogen) atoms. The van der Waals surface area contributed by atoms with Crippen molar-refractivity contribution in [2.24, 2.45) is 4.36 Å². The first-order valence-electron chi connectivity index (χ1n) is 7.37. The summed E-state index contributed by atoms with van der Waals surface area (Å²) in [4.78, 5) is 4.12. The maximum atomic E-state index is 13.7. The minimum absolute atomic E-state index is 0.0372. The summed E-state index contributed by atoms with van der Waals surface area (Å²) in [7, 11) is -2.78. The van der Waals surface area contributed by atoms with Crippen LogP contribution in [-0.4, -0.2) is 20.6 Å². The molecule has 1 aromatic heterocycles. The highest BCUT2D eigenvalue weighted by Crippen LogP contribution is 2.23. The highest BCUT2D eigenvalue weighted by molar-refractivity contribution is 7.92. The van der Waals surface area contributed by atoms with Crippen molar-refractivity contribution in [3.8, 4) is 11.4 Å². The number of hydrogen-bond acceptors (Lipinski definition) is 5. The van der Waals surface area contributed by atoms with E-state index in [4.69, 9.17) is 4.52 Å². The summed E-state index contributed by atoms with van der Waals surface area (Å²) in [6, 6.07) is 10.6. The van der Waals surface area contributed by atoms with E-state index in [1.807, 2.05) is 0 Å². The van der Waals surface area contributed by atoms with Gasteiger partial charge < -0.3 is 4.52 Å². The zero-order chi connectivity index (χ0) is 18.0. The van der Waals surface area contributed by atoms with E-state index in [0.29, 0.717) is 17.4 Å². The number of hydrogen-bond donors (Lipinski definition) is 0. The largest absolute Gasteiger partial charge is 0.339 e. The quantitative estimate of drug-likeness (QED) is 0.695. The Morgan fingerprint density at radius 2 is 1.88 bits per heavy atom. The zero-order valence-electron chi connectivity index (χ0n) is 13.6. The number of aromatic nitrogens is 2. The fourth-order valence-corrected chi connectivity index (χ4v) is 3.72. The Kier molecular flexibility index (Phi) is 4.63. The molecule has 2 aromatic carbocycles. The number of rotatable bonds is 4. The first kappa shape index (κ1) is 17.2. The Labute approximate surface area is 143 Å². The number of benzene rings is 2. The van der Waals surface area contributed by atoms with Crippen LogP contribution in [0.2, 0.25) is 0 Å². The molecule has 0 aliphatic rings. The highest BCUT2D eigenvalue weighted by Gasteiger charge is 2.12. The molecule has 130 valence electrons. The molecule has 0 amide bonds. The standard InChI is InChI=1S/C17H15F2N3O2S/c1-11-20-17(21-24-11)12-6-8-14(9-7-12)22-25(2,23)10-13-4-3-5-15(18)16(13)19/h3-9H,10H2,1-2H3. The molecular weight excluding hydrogens is 348 g/mol. The van der Waals surface area contributed by atoms with Crippen LogP contribution in [0.1, 0.15) is 11.5 Å². The van der Waals surface area contributed by atoms with E-state index in [1.54, 1.807) is 31.2 Å². The first-order chi connectivity index (χ1) is 11.8. The molecule has 0 saturated heterocycles. The summed E-state index contributed by atoms with van der Waals surface area (Å²) in [5, 5.41) is 3.81. The molecule has 1 heterocycles. The molecule has 0 N–H and O–H groups in total. The van der Waals surface area contributed by atoms with Crippen LogP contribution < -0.4 is 0 Å². The van der Waals surface area contributed by atoms with Crippen LogP contribution in [0.3, 0.4) is 0 Å². The average Bonchev–Trinajstić information content (AvgIpc) is 2.98. The Hall–Kier alpha value is -2.61. The van der Waals surface area contributed by atoms with Gasteiger partial charge in [0, 0.05) is 24.3 Å². The smallest absolute Gasteiger partial charge is 0.223 e. The summed E-state index contributed by atoms with van der Waals surface area (Å²) in [5.74, 6) is -1.23. The number of aryl methyl sites for hydroxylation is 1. The molecule has 0 radical (unpaired) electrons. The van der Waals surface area contributed by atoms with Gasteiger partial charge in [-0.15, -0.1) is 0 Å². The summed E-state index contributed by atoms with van der Waals surface area (Å²) >= 11 is 0. The van der Waals surface area contributed by atoms with E-state index in [0.717, 1.165) is 11.6 Å². The van der Waals surface area contributed by atoms with Crippen LogP contribution in [0.15, 0.2) is 51.4 Å². The first-order valence-corrected chi connectivity index (χ1v) is 9.47. The minimum Gasteiger partial charge on any atom is -0.339 e. The van der Waals surface area contributed by atoms with E-state index in [9.17, 15) is 13.0 Å². The molecule has 1 atom stereocenters. The third-order valence-electron chi connectivity index (χ3n) is 3.41. The van der Waals surface area contributed by atoms with Crippen LogP contribution in [0.4, 0.5) is 14.5 Å². The highest BCUT2D eigenvalue weighted by atomic mass is 32.2. The van der Waals surface area contributed by atoms with Crippen molar-refractivity contribution in [2.75, 3.05) is 6.26 Å². The average molecular weight is 363 g/mol. The van der Waals surface area contributed by atoms with Crippen LogP contribution in [0, 0.1) is 18.6 Å². The lowest BCUT2D eigenvalue weighted by atomic mass is 10.2. The molecule has 3 rings (SSSR count). The fourth-order valence-electron chi connectivity index (χ4n) is 2.29. The van der Waals surface area contributed by atoms with E-state index >= 15 is 0 Å². The fraction of sp³-hybridized carbons (Fsp3) is 0.176. The van der Waals surface area contributed by atoms with E-state index < -0.39 is 21.4 Å². The van der Waals surface area contributed by atoms with E-state index in [-0.39, 0.29) is 11.3 Å². The third-order valence-corrected chi connectivity index (χ3v) is 4.85. The van der Waals surface area contributed by atoms with Crippen LogP contribution in [-0.2, 0) is 15.5 Å². The summed E-state index contributed by atoms with van der Waals surface area (Å²) in [5.41, 5.74) is 1.23.